The van der Waals surface area contributed by atoms with Crippen molar-refractivity contribution in [1.29, 1.82) is 0 Å². The van der Waals surface area contributed by atoms with Gasteiger partial charge in [-0.15, -0.1) is 21.9 Å². The lowest BCUT2D eigenvalue weighted by molar-refractivity contribution is -0.687. The molecule has 3 nitrogen and oxygen atoms in total. The molecular formula is C41H14BF20NO2. The zero-order valence-corrected chi connectivity index (χ0v) is 31.0. The number of carbonyl (C=O) groups excluding carboxylic acids is 1. The van der Waals surface area contributed by atoms with Crippen LogP contribution in [0.15, 0.2) is 66.9 Å². The van der Waals surface area contributed by atoms with Crippen molar-refractivity contribution in [3.63, 3.8) is 0 Å². The Bertz CT molecular complexity index is 2730. The third kappa shape index (κ3) is 7.42. The maximum atomic E-state index is 15.4. The summed E-state index contributed by atoms with van der Waals surface area (Å²) in [5.74, 6) is -71.3. The minimum absolute atomic E-state index is 0.0267. The van der Waals surface area contributed by atoms with Gasteiger partial charge in [-0.2, -0.15) is 4.57 Å². The van der Waals surface area contributed by atoms with E-state index >= 15 is 35.1 Å². The number of fused-ring (bicyclic) bond motifs is 1. The number of Topliss-reactive ketones (excluding diaryl/α,β-unsaturated/α-hetero) is 1. The minimum atomic E-state index is -7.22. The largest absolute Gasteiger partial charge is 0.460 e. The summed E-state index contributed by atoms with van der Waals surface area (Å²) in [5, 5.41) is 12.0. The fourth-order valence-electron chi connectivity index (χ4n) is 7.09. The van der Waals surface area contributed by atoms with Crippen LogP contribution in [0.25, 0.3) is 10.8 Å². The van der Waals surface area contributed by atoms with E-state index in [1.165, 1.54) is 0 Å². The molecule has 0 bridgehead atoms. The second kappa shape index (κ2) is 17.4. The molecule has 1 N–H and O–H groups in total. The first-order chi connectivity index (χ1) is 30.4. The van der Waals surface area contributed by atoms with Crippen molar-refractivity contribution in [2.24, 2.45) is 0 Å². The van der Waals surface area contributed by atoms with E-state index < -0.39 is 144 Å². The highest BCUT2D eigenvalue weighted by molar-refractivity contribution is 7.20. The Balaban J connectivity index is 0.000000289. The number of pyridine rings is 1. The van der Waals surface area contributed by atoms with Crippen molar-refractivity contribution >= 4 is 44.6 Å². The highest BCUT2D eigenvalue weighted by atomic mass is 19.2. The van der Waals surface area contributed by atoms with E-state index in [-0.39, 0.29) is 18.2 Å². The predicted octanol–water partition coefficient (Wildman–Crippen LogP) is 8.56. The molecule has 0 atom stereocenters. The van der Waals surface area contributed by atoms with E-state index in [1.807, 2.05) is 42.5 Å². The van der Waals surface area contributed by atoms with Crippen molar-refractivity contribution in [2.45, 2.75) is 6.54 Å². The van der Waals surface area contributed by atoms with Gasteiger partial charge in [-0.05, 0) is 11.5 Å². The van der Waals surface area contributed by atoms with Gasteiger partial charge in [0.25, 0.3) is 0 Å². The van der Waals surface area contributed by atoms with E-state index in [1.54, 1.807) is 29.0 Å². The van der Waals surface area contributed by atoms with Crippen molar-refractivity contribution in [3.8, 4) is 5.88 Å². The second-order valence-electron chi connectivity index (χ2n) is 13.5. The zero-order valence-electron chi connectivity index (χ0n) is 31.0. The highest BCUT2D eigenvalue weighted by Crippen LogP contribution is 2.31. The molecule has 1 heterocycles. The van der Waals surface area contributed by atoms with Crippen LogP contribution in [-0.4, -0.2) is 17.0 Å². The molecule has 65 heavy (non-hydrogen) atoms. The number of carbonyl (C=O) groups is 1. The molecule has 0 radical (unpaired) electrons. The average molecular weight is 943 g/mol. The smallest absolute Gasteiger partial charge is 0.366 e. The standard InChI is InChI=1S/C24BF20.C17H13NO2/c26-5-1(6(27)14(35)21(42)13(5)34)25(2-7(28)15(36)22(43)16(37)8(2)29,3-9(30)17(38)23(44)18(39)10(3)31)4-11(32)19(40)24(45)20(41)12(4)33;19-16(13-6-2-1-3-7-13)12-18-11-15-9-5-4-8-14(15)10-17(18)20/h;1-11H,12H2/q-1;/p+1. The fourth-order valence-corrected chi connectivity index (χ4v) is 7.09. The number of rotatable bonds is 7. The summed E-state index contributed by atoms with van der Waals surface area (Å²) < 4.78 is 296. The Labute approximate surface area is 347 Å². The average Bonchev–Trinajstić information content (AvgIpc) is 3.29. The maximum absolute atomic E-state index is 15.4. The van der Waals surface area contributed by atoms with Crippen LogP contribution in [0, 0.1) is 116 Å². The van der Waals surface area contributed by atoms with Crippen LogP contribution >= 0.6 is 0 Å². The maximum Gasteiger partial charge on any atom is 0.366 e. The summed E-state index contributed by atoms with van der Waals surface area (Å²) in [6.45, 7) is 0.126. The fraction of sp³-hybridized carbons (Fsp3) is 0.0244. The van der Waals surface area contributed by atoms with Gasteiger partial charge in [0.1, 0.15) is 52.7 Å². The van der Waals surface area contributed by atoms with Gasteiger partial charge in [0.2, 0.25) is 12.3 Å². The normalized spacial score (nSPS) is 11.6. The van der Waals surface area contributed by atoms with Crippen LogP contribution in [0.5, 0.6) is 5.88 Å². The molecule has 0 amide bonds. The minimum Gasteiger partial charge on any atom is -0.460 e. The number of benzene rings is 6. The lowest BCUT2D eigenvalue weighted by Crippen LogP contribution is -2.81. The molecule has 0 aliphatic rings. The molecule has 0 aliphatic heterocycles. The van der Waals surface area contributed by atoms with E-state index in [2.05, 4.69) is 0 Å². The van der Waals surface area contributed by atoms with Gasteiger partial charge in [-0.25, -0.2) is 87.8 Å². The molecule has 0 saturated carbocycles. The molecular weight excluding hydrogens is 929 g/mol. The van der Waals surface area contributed by atoms with Gasteiger partial charge in [0, 0.05) is 10.9 Å². The third-order valence-corrected chi connectivity index (χ3v) is 9.99. The number of hydrogen-bond acceptors (Lipinski definition) is 2. The number of halogens is 20. The Morgan fingerprint density at radius 2 is 0.646 bits per heavy atom. The third-order valence-electron chi connectivity index (χ3n) is 9.99. The monoisotopic (exact) mass is 943 g/mol. The van der Waals surface area contributed by atoms with Crippen molar-refractivity contribution in [3.05, 3.63) is 189 Å². The SMILES string of the molecule is Fc1c(F)c(F)c([B-](c2c(F)c(F)c(F)c(F)c2F)(c2c(F)c(F)c(F)c(F)c2F)c2c(F)c(F)c(F)c(F)c2F)c(F)c1F.O=C(C[n+]1cc2ccccc2cc1O)c1ccccc1. The van der Waals surface area contributed by atoms with E-state index in [9.17, 15) is 62.6 Å². The molecule has 0 aliphatic carbocycles. The summed E-state index contributed by atoms with van der Waals surface area (Å²) >= 11 is 0. The summed E-state index contributed by atoms with van der Waals surface area (Å²) in [6, 6.07) is 18.5. The Hall–Kier alpha value is -7.14. The van der Waals surface area contributed by atoms with Crippen LogP contribution in [0.2, 0.25) is 0 Å². The second-order valence-corrected chi connectivity index (χ2v) is 13.5. The molecule has 7 aromatic rings. The lowest BCUT2D eigenvalue weighted by Gasteiger charge is -2.44. The number of ketones is 1. The highest BCUT2D eigenvalue weighted by Gasteiger charge is 2.52. The van der Waals surface area contributed by atoms with Gasteiger partial charge in [-0.3, -0.25) is 4.79 Å². The molecule has 338 valence electrons. The first kappa shape index (κ1) is 47.3. The first-order valence-corrected chi connectivity index (χ1v) is 17.4. The predicted molar refractivity (Wildman–Crippen MR) is 186 cm³/mol. The van der Waals surface area contributed by atoms with E-state index in [0.29, 0.717) is 5.56 Å². The first-order valence-electron chi connectivity index (χ1n) is 17.4. The van der Waals surface area contributed by atoms with Crippen molar-refractivity contribution < 1.29 is 102 Å². The van der Waals surface area contributed by atoms with Crippen molar-refractivity contribution in [2.75, 3.05) is 0 Å². The van der Waals surface area contributed by atoms with Gasteiger partial charge >= 0.3 is 5.88 Å². The molecule has 0 fully saturated rings. The van der Waals surface area contributed by atoms with Crippen LogP contribution < -0.4 is 26.4 Å². The van der Waals surface area contributed by atoms with E-state index in [0.717, 1.165) is 10.8 Å². The summed E-state index contributed by atoms with van der Waals surface area (Å²) in [6.07, 6.45) is -5.42. The molecule has 6 aromatic carbocycles. The Morgan fingerprint density at radius 1 is 0.385 bits per heavy atom. The number of hydrogen-bond donors (Lipinski definition) is 1. The van der Waals surface area contributed by atoms with Crippen LogP contribution in [0.3, 0.4) is 0 Å². The molecule has 0 saturated heterocycles. The van der Waals surface area contributed by atoms with Gasteiger partial charge in [0.05, 0.1) is 6.07 Å². The van der Waals surface area contributed by atoms with E-state index in [4.69, 9.17) is 0 Å². The molecule has 0 unspecified atom stereocenters. The van der Waals surface area contributed by atoms with Crippen LogP contribution in [-0.2, 0) is 6.54 Å². The summed E-state index contributed by atoms with van der Waals surface area (Å²) in [4.78, 5) is 12.2. The van der Waals surface area contributed by atoms with Crippen LogP contribution in [0.1, 0.15) is 10.4 Å². The molecule has 1 aromatic heterocycles. The van der Waals surface area contributed by atoms with Gasteiger partial charge in [-0.1, -0.05) is 48.5 Å². The number of nitrogens with zero attached hydrogens (tertiary/aromatic N) is 1. The summed E-state index contributed by atoms with van der Waals surface area (Å²) in [7, 11) is 0. The van der Waals surface area contributed by atoms with Crippen molar-refractivity contribution in [1.82, 2.24) is 0 Å². The summed E-state index contributed by atoms with van der Waals surface area (Å²) in [5.41, 5.74) is -13.7. The Kier molecular flexibility index (Phi) is 12.7. The molecule has 0 spiro atoms. The van der Waals surface area contributed by atoms with Crippen LogP contribution in [0.4, 0.5) is 87.8 Å². The Morgan fingerprint density at radius 3 is 0.954 bits per heavy atom. The number of aromatic nitrogens is 1. The quantitative estimate of drug-likeness (QED) is 0.0435. The van der Waals surface area contributed by atoms with Gasteiger partial charge < -0.3 is 5.11 Å². The number of aromatic hydroxyl groups is 1. The lowest BCUT2D eigenvalue weighted by atomic mass is 9.12. The molecule has 7 rings (SSSR count). The topological polar surface area (TPSA) is 41.2 Å². The zero-order chi connectivity index (χ0) is 48.3. The molecule has 24 heteroatoms. The van der Waals surface area contributed by atoms with Gasteiger partial charge in [0.15, 0.2) is 76.0 Å².